The summed E-state index contributed by atoms with van der Waals surface area (Å²) in [6.07, 6.45) is 5.12. The van der Waals surface area contributed by atoms with Crippen molar-refractivity contribution in [3.05, 3.63) is 53.2 Å². The lowest BCUT2D eigenvalue weighted by atomic mass is 10.1. The fourth-order valence-electron chi connectivity index (χ4n) is 3.29. The van der Waals surface area contributed by atoms with Gasteiger partial charge in [-0.1, -0.05) is 13.3 Å². The molecule has 142 valence electrons. The van der Waals surface area contributed by atoms with Crippen molar-refractivity contribution in [2.24, 2.45) is 4.99 Å². The van der Waals surface area contributed by atoms with Gasteiger partial charge in [-0.15, -0.1) is 0 Å². The molecule has 0 fully saturated rings. The molecule has 0 aromatic heterocycles. The first-order valence-electron chi connectivity index (χ1n) is 9.14. The highest BCUT2D eigenvalue weighted by atomic mass is 19.1. The molecule has 3 aliphatic rings. The topological polar surface area (TPSA) is 78.0 Å². The molecule has 3 heterocycles. The smallest absolute Gasteiger partial charge is 0.252 e. The fourth-order valence-corrected chi connectivity index (χ4v) is 3.29. The van der Waals surface area contributed by atoms with Crippen molar-refractivity contribution in [3.63, 3.8) is 0 Å². The number of hydrogen-bond acceptors (Lipinski definition) is 6. The average molecular weight is 371 g/mol. The molecule has 0 aliphatic carbocycles. The number of carbonyl (C=O) groups is 1. The standard InChI is InChI=1S/C19H22FN5O2/c1-2-3-14-10-22-19(26)15-11-23-25-7-6-17(24-18(15)25)21-9-12-8-13(20)4-5-16(12)27-14/h4-8,14,23H,2-3,9-11H2,1H3,(H,21,24)(H,22,26)/t14-/m0/s1. The van der Waals surface area contributed by atoms with E-state index in [2.05, 4.69) is 28.0 Å². The summed E-state index contributed by atoms with van der Waals surface area (Å²) < 4.78 is 19.9. The summed E-state index contributed by atoms with van der Waals surface area (Å²) in [6, 6.07) is 4.49. The number of ether oxygens (including phenoxy) is 1. The molecule has 27 heavy (non-hydrogen) atoms. The van der Waals surface area contributed by atoms with Crippen LogP contribution in [-0.2, 0) is 11.3 Å². The van der Waals surface area contributed by atoms with Gasteiger partial charge >= 0.3 is 0 Å². The van der Waals surface area contributed by atoms with E-state index in [1.807, 2.05) is 6.20 Å². The maximum Gasteiger partial charge on any atom is 0.252 e. The zero-order valence-corrected chi connectivity index (χ0v) is 15.1. The number of aliphatic imine (C=N–C) groups is 1. The van der Waals surface area contributed by atoms with Crippen molar-refractivity contribution in [1.82, 2.24) is 21.1 Å². The Kier molecular flexibility index (Phi) is 4.81. The average Bonchev–Trinajstić information content (AvgIpc) is 3.08. The quantitative estimate of drug-likeness (QED) is 0.735. The van der Waals surface area contributed by atoms with Gasteiger partial charge in [-0.2, -0.15) is 0 Å². The number of carbonyl (C=O) groups excluding carboxylic acids is 1. The third-order valence-electron chi connectivity index (χ3n) is 4.68. The third kappa shape index (κ3) is 3.66. The van der Waals surface area contributed by atoms with Crippen LogP contribution >= 0.6 is 0 Å². The highest BCUT2D eigenvalue weighted by molar-refractivity contribution is 5.98. The molecule has 0 unspecified atom stereocenters. The molecule has 2 bridgehead atoms. The van der Waals surface area contributed by atoms with Crippen molar-refractivity contribution < 1.29 is 13.9 Å². The minimum Gasteiger partial charge on any atom is -0.488 e. The van der Waals surface area contributed by atoms with Gasteiger partial charge in [0.1, 0.15) is 23.5 Å². The molecule has 0 radical (unpaired) electrons. The van der Waals surface area contributed by atoms with Crippen molar-refractivity contribution in [2.75, 3.05) is 13.1 Å². The first-order valence-corrected chi connectivity index (χ1v) is 9.14. The lowest BCUT2D eigenvalue weighted by Crippen LogP contribution is -2.37. The molecule has 1 aromatic carbocycles. The number of fused-ring (bicyclic) bond motifs is 1. The Bertz CT molecular complexity index is 849. The van der Waals surface area contributed by atoms with E-state index < -0.39 is 0 Å². The van der Waals surface area contributed by atoms with Gasteiger partial charge in [-0.25, -0.2) is 14.8 Å². The number of rotatable bonds is 2. The minimum absolute atomic E-state index is 0.165. The number of hydrazine groups is 1. The first-order chi connectivity index (χ1) is 13.1. The molecule has 1 amide bonds. The second-order valence-electron chi connectivity index (χ2n) is 6.66. The van der Waals surface area contributed by atoms with Gasteiger partial charge in [0.05, 0.1) is 12.1 Å². The largest absolute Gasteiger partial charge is 0.488 e. The van der Waals surface area contributed by atoms with E-state index in [9.17, 15) is 9.18 Å². The number of halogens is 1. The van der Waals surface area contributed by atoms with E-state index in [-0.39, 0.29) is 17.8 Å². The summed E-state index contributed by atoms with van der Waals surface area (Å²) in [7, 11) is 0. The Hall–Kier alpha value is -2.87. The first kappa shape index (κ1) is 17.5. The van der Waals surface area contributed by atoms with Crippen molar-refractivity contribution in [3.8, 4) is 5.75 Å². The number of benzene rings is 1. The zero-order chi connectivity index (χ0) is 18.8. The predicted octanol–water partition coefficient (Wildman–Crippen LogP) is 1.55. The van der Waals surface area contributed by atoms with Crippen LogP contribution in [0.25, 0.3) is 0 Å². The van der Waals surface area contributed by atoms with E-state index in [1.54, 1.807) is 17.2 Å². The van der Waals surface area contributed by atoms with Crippen molar-refractivity contribution in [1.29, 1.82) is 0 Å². The molecule has 1 aromatic rings. The van der Waals surface area contributed by atoms with Crippen LogP contribution in [0.5, 0.6) is 5.75 Å². The highest BCUT2D eigenvalue weighted by Gasteiger charge is 2.28. The second-order valence-corrected chi connectivity index (χ2v) is 6.66. The summed E-state index contributed by atoms with van der Waals surface area (Å²) >= 11 is 0. The molecular formula is C19H22FN5O2. The number of amides is 1. The SMILES string of the molecule is CCC[C@H]1CNC(=O)C2=C3N=C(C=CN3NC2)NCc2cc(F)ccc2O1. The zero-order valence-electron chi connectivity index (χ0n) is 15.1. The van der Waals surface area contributed by atoms with Gasteiger partial charge in [0.25, 0.3) is 5.91 Å². The molecule has 8 heteroatoms. The third-order valence-corrected chi connectivity index (χ3v) is 4.68. The predicted molar refractivity (Wildman–Crippen MR) is 99.0 cm³/mol. The van der Waals surface area contributed by atoms with E-state index in [4.69, 9.17) is 4.74 Å². The molecule has 3 N–H and O–H groups in total. The minimum atomic E-state index is -0.318. The lowest BCUT2D eigenvalue weighted by Gasteiger charge is -2.22. The number of amidine groups is 1. The molecule has 0 saturated carbocycles. The van der Waals surface area contributed by atoms with Crippen LogP contribution in [0.3, 0.4) is 0 Å². The Balaban J connectivity index is 1.69. The molecule has 0 saturated heterocycles. The van der Waals surface area contributed by atoms with Crippen LogP contribution in [0, 0.1) is 5.82 Å². The summed E-state index contributed by atoms with van der Waals surface area (Å²) in [6.45, 7) is 3.22. The molecule has 0 spiro atoms. The Morgan fingerprint density at radius 2 is 2.22 bits per heavy atom. The lowest BCUT2D eigenvalue weighted by molar-refractivity contribution is -0.117. The van der Waals surface area contributed by atoms with Crippen LogP contribution in [-0.4, -0.2) is 35.9 Å². The summed E-state index contributed by atoms with van der Waals surface area (Å²) in [5.74, 6) is 1.31. The van der Waals surface area contributed by atoms with E-state index in [0.717, 1.165) is 12.8 Å². The maximum atomic E-state index is 13.8. The highest BCUT2D eigenvalue weighted by Crippen LogP contribution is 2.24. The van der Waals surface area contributed by atoms with Crippen molar-refractivity contribution in [2.45, 2.75) is 32.4 Å². The summed E-state index contributed by atoms with van der Waals surface area (Å²) in [5.41, 5.74) is 4.40. The maximum absolute atomic E-state index is 13.8. The molecule has 7 nitrogen and oxygen atoms in total. The normalized spacial score (nSPS) is 21.9. The van der Waals surface area contributed by atoms with Gasteiger partial charge < -0.3 is 15.4 Å². The van der Waals surface area contributed by atoms with Gasteiger partial charge in [0, 0.05) is 24.9 Å². The van der Waals surface area contributed by atoms with Crippen molar-refractivity contribution >= 4 is 11.7 Å². The number of nitrogens with zero attached hydrogens (tertiary/aromatic N) is 2. The number of nitrogens with one attached hydrogen (secondary N) is 3. The van der Waals surface area contributed by atoms with E-state index >= 15 is 0 Å². The Morgan fingerprint density at radius 3 is 3.07 bits per heavy atom. The van der Waals surface area contributed by atoms with Gasteiger partial charge in [-0.3, -0.25) is 9.80 Å². The monoisotopic (exact) mass is 371 g/mol. The van der Waals surface area contributed by atoms with Crippen LogP contribution in [0.15, 0.2) is 46.9 Å². The van der Waals surface area contributed by atoms with E-state index in [1.165, 1.54) is 12.1 Å². The summed E-state index contributed by atoms with van der Waals surface area (Å²) in [5, 5.41) is 7.88. The summed E-state index contributed by atoms with van der Waals surface area (Å²) in [4.78, 5) is 17.2. The molecule has 4 rings (SSSR count). The Morgan fingerprint density at radius 1 is 1.33 bits per heavy atom. The fraction of sp³-hybridized carbons (Fsp3) is 0.368. The van der Waals surface area contributed by atoms with Gasteiger partial charge in [0.15, 0.2) is 5.82 Å². The van der Waals surface area contributed by atoms with E-state index in [0.29, 0.717) is 48.2 Å². The van der Waals surface area contributed by atoms with Gasteiger partial charge in [-0.05, 0) is 30.7 Å². The Labute approximate surface area is 156 Å². The van der Waals surface area contributed by atoms with Gasteiger partial charge in [0.2, 0.25) is 0 Å². The number of hydrogen-bond donors (Lipinski definition) is 3. The van der Waals surface area contributed by atoms with Crippen LogP contribution in [0.1, 0.15) is 25.3 Å². The molecule has 1 atom stereocenters. The molecule has 3 aliphatic heterocycles. The van der Waals surface area contributed by atoms with Crippen LogP contribution in [0.2, 0.25) is 0 Å². The van der Waals surface area contributed by atoms with Crippen LogP contribution < -0.4 is 20.8 Å². The second kappa shape index (κ2) is 7.40. The molecular weight excluding hydrogens is 349 g/mol. The van der Waals surface area contributed by atoms with Crippen LogP contribution in [0.4, 0.5) is 4.39 Å².